The molecule has 2 aromatic rings. The molecule has 2 nitrogen and oxygen atoms in total. The van der Waals surface area contributed by atoms with Crippen molar-refractivity contribution < 1.29 is 4.74 Å². The highest BCUT2D eigenvalue weighted by molar-refractivity contribution is 5.59. The number of rotatable bonds is 2. The largest absolute Gasteiger partial charge is 0.493 e. The van der Waals surface area contributed by atoms with Crippen LogP contribution in [-0.2, 0) is 12.8 Å². The number of nitrogens with one attached hydrogen (secondary N) is 1. The molecule has 4 rings (SSSR count). The number of aryl methyl sites for hydroxylation is 1. The quantitative estimate of drug-likeness (QED) is 0.894. The highest BCUT2D eigenvalue weighted by Crippen LogP contribution is 2.39. The molecule has 0 saturated heterocycles. The lowest BCUT2D eigenvalue weighted by atomic mass is 9.85. The zero-order chi connectivity index (χ0) is 14.2. The van der Waals surface area contributed by atoms with Crippen molar-refractivity contribution in [2.75, 3.05) is 18.5 Å². The highest BCUT2D eigenvalue weighted by Gasteiger charge is 2.24. The molecule has 2 aliphatic rings. The second-order valence-corrected chi connectivity index (χ2v) is 6.15. The van der Waals surface area contributed by atoms with Crippen molar-refractivity contribution in [3.63, 3.8) is 0 Å². The summed E-state index contributed by atoms with van der Waals surface area (Å²) in [6.45, 7) is 4.07. The summed E-state index contributed by atoms with van der Waals surface area (Å²) in [5, 5.41) is 3.48. The molecular formula is C19H21NO. The summed E-state index contributed by atoms with van der Waals surface area (Å²) in [4.78, 5) is 0. The predicted molar refractivity (Wildman–Crippen MR) is 86.4 cm³/mol. The number of anilines is 1. The van der Waals surface area contributed by atoms with Crippen LogP contribution in [0.25, 0.3) is 0 Å². The zero-order valence-electron chi connectivity index (χ0n) is 12.5. The Morgan fingerprint density at radius 1 is 1.19 bits per heavy atom. The average molecular weight is 279 g/mol. The Morgan fingerprint density at radius 3 is 3.05 bits per heavy atom. The van der Waals surface area contributed by atoms with Crippen LogP contribution >= 0.6 is 0 Å². The Kier molecular flexibility index (Phi) is 3.10. The first-order valence-electron chi connectivity index (χ1n) is 7.90. The fourth-order valence-corrected chi connectivity index (χ4v) is 3.74. The molecule has 1 atom stereocenters. The van der Waals surface area contributed by atoms with Crippen molar-refractivity contribution in [1.29, 1.82) is 0 Å². The van der Waals surface area contributed by atoms with Gasteiger partial charge in [0.2, 0.25) is 0 Å². The van der Waals surface area contributed by atoms with Gasteiger partial charge in [0.15, 0.2) is 0 Å². The van der Waals surface area contributed by atoms with Crippen LogP contribution in [0.5, 0.6) is 5.75 Å². The number of ether oxygens (including phenoxy) is 1. The predicted octanol–water partition coefficient (Wildman–Crippen LogP) is 4.07. The summed E-state index contributed by atoms with van der Waals surface area (Å²) in [6, 6.07) is 13.2. The summed E-state index contributed by atoms with van der Waals surface area (Å²) < 4.78 is 5.90. The van der Waals surface area contributed by atoms with Crippen molar-refractivity contribution in [3.8, 4) is 5.75 Å². The third-order valence-corrected chi connectivity index (χ3v) is 4.82. The van der Waals surface area contributed by atoms with Crippen molar-refractivity contribution in [2.24, 2.45) is 0 Å². The van der Waals surface area contributed by atoms with E-state index in [1.165, 1.54) is 27.9 Å². The summed E-state index contributed by atoms with van der Waals surface area (Å²) in [5.74, 6) is 1.71. The molecule has 0 bridgehead atoms. The van der Waals surface area contributed by atoms with E-state index in [1.54, 1.807) is 0 Å². The minimum absolute atomic E-state index is 0.584. The fraction of sp³-hybridized carbons (Fsp3) is 0.368. The first-order chi connectivity index (χ1) is 10.3. The minimum Gasteiger partial charge on any atom is -0.493 e. The summed E-state index contributed by atoms with van der Waals surface area (Å²) >= 11 is 0. The van der Waals surface area contributed by atoms with Crippen molar-refractivity contribution in [3.05, 3.63) is 58.7 Å². The number of fused-ring (bicyclic) bond motifs is 2. The van der Waals surface area contributed by atoms with Crippen LogP contribution in [0.2, 0.25) is 0 Å². The van der Waals surface area contributed by atoms with Crippen LogP contribution in [-0.4, -0.2) is 13.2 Å². The zero-order valence-corrected chi connectivity index (χ0v) is 12.5. The molecule has 0 saturated carbocycles. The Balaban J connectivity index is 1.68. The molecule has 0 spiro atoms. The first kappa shape index (κ1) is 12.8. The maximum absolute atomic E-state index is 5.90. The molecule has 2 heterocycles. The Morgan fingerprint density at radius 2 is 2.10 bits per heavy atom. The van der Waals surface area contributed by atoms with Gasteiger partial charge >= 0.3 is 0 Å². The van der Waals surface area contributed by atoms with E-state index in [2.05, 4.69) is 48.6 Å². The lowest BCUT2D eigenvalue weighted by Gasteiger charge is -2.27. The van der Waals surface area contributed by atoms with E-state index in [1.807, 2.05) is 0 Å². The molecule has 2 aromatic carbocycles. The molecule has 0 amide bonds. The third-order valence-electron chi connectivity index (χ3n) is 4.82. The van der Waals surface area contributed by atoms with E-state index in [0.29, 0.717) is 5.92 Å². The SMILES string of the molecule is Cc1cccc2c1OCCC2Cc1cccc2c1CCN2. The van der Waals surface area contributed by atoms with Crippen LogP contribution in [0.15, 0.2) is 36.4 Å². The van der Waals surface area contributed by atoms with Gasteiger partial charge in [-0.3, -0.25) is 0 Å². The molecule has 0 radical (unpaired) electrons. The van der Waals surface area contributed by atoms with Gasteiger partial charge in [-0.15, -0.1) is 0 Å². The molecule has 1 unspecified atom stereocenters. The molecule has 1 N–H and O–H groups in total. The lowest BCUT2D eigenvalue weighted by Crippen LogP contribution is -2.17. The van der Waals surface area contributed by atoms with Gasteiger partial charge in [0.25, 0.3) is 0 Å². The van der Waals surface area contributed by atoms with Gasteiger partial charge in [0.1, 0.15) is 5.75 Å². The molecule has 0 fully saturated rings. The molecule has 2 heteroatoms. The second kappa shape index (κ2) is 5.10. The van der Waals surface area contributed by atoms with Crippen molar-refractivity contribution in [2.45, 2.75) is 32.1 Å². The molecule has 21 heavy (non-hydrogen) atoms. The second-order valence-electron chi connectivity index (χ2n) is 6.15. The molecule has 0 aliphatic carbocycles. The summed E-state index contributed by atoms with van der Waals surface area (Å²) in [6.07, 6.45) is 3.41. The highest BCUT2D eigenvalue weighted by atomic mass is 16.5. The van der Waals surface area contributed by atoms with Crippen LogP contribution in [0.3, 0.4) is 0 Å². The maximum atomic E-state index is 5.90. The Hall–Kier alpha value is -1.96. The van der Waals surface area contributed by atoms with Gasteiger partial charge in [0, 0.05) is 12.2 Å². The van der Waals surface area contributed by atoms with Crippen molar-refractivity contribution >= 4 is 5.69 Å². The third kappa shape index (κ3) is 2.19. The van der Waals surface area contributed by atoms with Gasteiger partial charge < -0.3 is 10.1 Å². The Labute approximate surface area is 126 Å². The summed E-state index contributed by atoms with van der Waals surface area (Å²) in [5.41, 5.74) is 7.03. The summed E-state index contributed by atoms with van der Waals surface area (Å²) in [7, 11) is 0. The topological polar surface area (TPSA) is 21.3 Å². The van der Waals surface area contributed by atoms with Gasteiger partial charge in [-0.2, -0.15) is 0 Å². The normalized spacial score (nSPS) is 19.4. The van der Waals surface area contributed by atoms with E-state index >= 15 is 0 Å². The Bertz CT molecular complexity index is 677. The van der Waals surface area contributed by atoms with Gasteiger partial charge in [-0.25, -0.2) is 0 Å². The minimum atomic E-state index is 0.584. The van der Waals surface area contributed by atoms with E-state index in [-0.39, 0.29) is 0 Å². The fourth-order valence-electron chi connectivity index (χ4n) is 3.74. The lowest BCUT2D eigenvalue weighted by molar-refractivity contribution is 0.264. The van der Waals surface area contributed by atoms with E-state index < -0.39 is 0 Å². The van der Waals surface area contributed by atoms with Crippen LogP contribution in [0, 0.1) is 6.92 Å². The van der Waals surface area contributed by atoms with Crippen LogP contribution in [0.4, 0.5) is 5.69 Å². The molecular weight excluding hydrogens is 258 g/mol. The maximum Gasteiger partial charge on any atom is 0.125 e. The molecule has 0 aromatic heterocycles. The van der Waals surface area contributed by atoms with Gasteiger partial charge in [-0.1, -0.05) is 30.3 Å². The number of para-hydroxylation sites is 1. The van der Waals surface area contributed by atoms with Gasteiger partial charge in [-0.05, 0) is 60.4 Å². The smallest absolute Gasteiger partial charge is 0.125 e. The number of hydrogen-bond donors (Lipinski definition) is 1. The van der Waals surface area contributed by atoms with E-state index in [4.69, 9.17) is 4.74 Å². The van der Waals surface area contributed by atoms with E-state index in [0.717, 1.165) is 38.2 Å². The monoisotopic (exact) mass is 279 g/mol. The number of benzene rings is 2. The number of hydrogen-bond acceptors (Lipinski definition) is 2. The van der Waals surface area contributed by atoms with Gasteiger partial charge in [0.05, 0.1) is 6.61 Å². The molecule has 2 aliphatic heterocycles. The van der Waals surface area contributed by atoms with E-state index in [9.17, 15) is 0 Å². The standard InChI is InChI=1S/C19H21NO/c1-13-4-2-6-17-15(9-11-21-19(13)17)12-14-5-3-7-18-16(14)8-10-20-18/h2-7,15,20H,8-12H2,1H3. The molecule has 108 valence electrons. The van der Waals surface area contributed by atoms with Crippen LogP contribution < -0.4 is 10.1 Å². The first-order valence-corrected chi connectivity index (χ1v) is 7.90. The van der Waals surface area contributed by atoms with Crippen LogP contribution in [0.1, 0.15) is 34.6 Å². The van der Waals surface area contributed by atoms with Crippen molar-refractivity contribution in [1.82, 2.24) is 0 Å². The average Bonchev–Trinajstić information content (AvgIpc) is 2.98.